The summed E-state index contributed by atoms with van der Waals surface area (Å²) >= 11 is 0. The maximum Gasteiger partial charge on any atom is 0.135 e. The van der Waals surface area contributed by atoms with Crippen LogP contribution in [0.15, 0.2) is 138 Å². The van der Waals surface area contributed by atoms with Gasteiger partial charge >= 0.3 is 0 Å². The molecule has 0 aliphatic rings. The van der Waals surface area contributed by atoms with E-state index in [1.165, 1.54) is 0 Å². The summed E-state index contributed by atoms with van der Waals surface area (Å²) in [7, 11) is 0. The van der Waals surface area contributed by atoms with Crippen LogP contribution in [-0.2, 0) is 0 Å². The molecule has 0 amide bonds. The molecule has 7 aromatic carbocycles. The standard InChI is InChI=1S/C46H22N6O/c47-23-27-4-10-41-35(16-27)36-17-28(24-48)5-11-42(36)51(41)33-3-1-2-31(20-33)32-8-14-45-39(21-32)40-22-34(9-15-46(40)53-45)52-43-12-6-29(25-49)18-37(43)38-19-30(26-50)7-13-44(38)52/h1-22H. The number of fused-ring (bicyclic) bond motifs is 9. The van der Waals surface area contributed by atoms with Crippen molar-refractivity contribution in [2.24, 2.45) is 0 Å². The van der Waals surface area contributed by atoms with Crippen LogP contribution in [0.2, 0.25) is 0 Å². The van der Waals surface area contributed by atoms with Crippen molar-refractivity contribution in [3.63, 3.8) is 0 Å². The SMILES string of the molecule is N#Cc1ccc2c(c1)c1cc(C#N)ccc1n2-c1cccc(-c2ccc3oc4ccc(-n5c6ccc(C#N)cc6c6cc(C#N)ccc65)cc4c3c2)c1. The molecular weight excluding hydrogens is 653 g/mol. The van der Waals surface area contributed by atoms with Crippen molar-refractivity contribution < 1.29 is 4.42 Å². The van der Waals surface area contributed by atoms with Gasteiger partial charge in [0.15, 0.2) is 0 Å². The summed E-state index contributed by atoms with van der Waals surface area (Å²) in [5.41, 5.74) is 11.5. The topological polar surface area (TPSA) is 118 Å². The van der Waals surface area contributed by atoms with Crippen LogP contribution in [0.4, 0.5) is 0 Å². The number of nitriles is 4. The molecular formula is C46H22N6O. The Labute approximate surface area is 301 Å². The summed E-state index contributed by atoms with van der Waals surface area (Å²) in [5.74, 6) is 0. The van der Waals surface area contributed by atoms with Gasteiger partial charge in [0, 0.05) is 43.7 Å². The van der Waals surface area contributed by atoms with E-state index in [2.05, 4.69) is 69.8 Å². The highest BCUT2D eigenvalue weighted by atomic mass is 16.3. The van der Waals surface area contributed by atoms with Crippen molar-refractivity contribution in [2.75, 3.05) is 0 Å². The lowest BCUT2D eigenvalue weighted by Crippen LogP contribution is -1.94. The molecule has 0 N–H and O–H groups in total. The van der Waals surface area contributed by atoms with Gasteiger partial charge in [-0.05, 0) is 126 Å². The minimum Gasteiger partial charge on any atom is -0.456 e. The normalized spacial score (nSPS) is 11.3. The number of hydrogen-bond acceptors (Lipinski definition) is 5. The molecule has 0 saturated heterocycles. The second-order valence-electron chi connectivity index (χ2n) is 13.1. The van der Waals surface area contributed by atoms with E-state index in [0.29, 0.717) is 22.3 Å². The highest BCUT2D eigenvalue weighted by molar-refractivity contribution is 6.12. The van der Waals surface area contributed by atoms with Gasteiger partial charge in [-0.2, -0.15) is 21.0 Å². The predicted molar refractivity (Wildman–Crippen MR) is 207 cm³/mol. The fourth-order valence-electron chi connectivity index (χ4n) is 7.79. The Balaban J connectivity index is 1.14. The average Bonchev–Trinajstić information content (AvgIpc) is 3.86. The van der Waals surface area contributed by atoms with E-state index < -0.39 is 0 Å². The Bertz CT molecular complexity index is 3260. The summed E-state index contributed by atoms with van der Waals surface area (Å²) in [6.45, 7) is 0. The van der Waals surface area contributed by atoms with Crippen molar-refractivity contribution in [3.05, 3.63) is 156 Å². The van der Waals surface area contributed by atoms with Crippen molar-refractivity contribution in [1.29, 1.82) is 21.0 Å². The molecule has 10 rings (SSSR count). The molecule has 0 fully saturated rings. The van der Waals surface area contributed by atoms with Crippen LogP contribution >= 0.6 is 0 Å². The van der Waals surface area contributed by atoms with Gasteiger partial charge in [-0.1, -0.05) is 18.2 Å². The van der Waals surface area contributed by atoms with Gasteiger partial charge in [0.25, 0.3) is 0 Å². The molecule has 53 heavy (non-hydrogen) atoms. The molecule has 242 valence electrons. The van der Waals surface area contributed by atoms with Gasteiger partial charge in [-0.15, -0.1) is 0 Å². The molecule has 0 radical (unpaired) electrons. The maximum absolute atomic E-state index is 9.64. The molecule has 0 aliphatic heterocycles. The van der Waals surface area contributed by atoms with Gasteiger partial charge in [0.1, 0.15) is 11.2 Å². The highest BCUT2D eigenvalue weighted by Gasteiger charge is 2.18. The molecule has 0 aliphatic carbocycles. The number of aromatic nitrogens is 2. The van der Waals surface area contributed by atoms with E-state index in [-0.39, 0.29) is 0 Å². The fraction of sp³-hybridized carbons (Fsp3) is 0. The van der Waals surface area contributed by atoms with E-state index in [9.17, 15) is 21.0 Å². The molecule has 0 spiro atoms. The van der Waals surface area contributed by atoms with Crippen LogP contribution in [0.3, 0.4) is 0 Å². The first-order valence-electron chi connectivity index (χ1n) is 16.9. The number of hydrogen-bond donors (Lipinski definition) is 0. The summed E-state index contributed by atoms with van der Waals surface area (Å²) in [5, 5.41) is 44.1. The Morgan fingerprint density at radius 1 is 0.358 bits per heavy atom. The van der Waals surface area contributed by atoms with Gasteiger partial charge in [-0.3, -0.25) is 0 Å². The summed E-state index contributed by atoms with van der Waals surface area (Å²) in [6, 6.07) is 52.5. The lowest BCUT2D eigenvalue weighted by atomic mass is 10.0. The van der Waals surface area contributed by atoms with Crippen molar-refractivity contribution in [3.8, 4) is 46.8 Å². The number of benzene rings is 7. The number of furan rings is 1. The lowest BCUT2D eigenvalue weighted by molar-refractivity contribution is 0.669. The molecule has 0 saturated carbocycles. The first kappa shape index (κ1) is 29.8. The monoisotopic (exact) mass is 674 g/mol. The quantitative estimate of drug-likeness (QED) is 0.185. The zero-order valence-electron chi connectivity index (χ0n) is 27.8. The molecule has 10 aromatic rings. The summed E-state index contributed by atoms with van der Waals surface area (Å²) < 4.78 is 10.7. The van der Waals surface area contributed by atoms with E-state index >= 15 is 0 Å². The maximum atomic E-state index is 9.64. The van der Waals surface area contributed by atoms with Crippen molar-refractivity contribution in [1.82, 2.24) is 9.13 Å². The summed E-state index contributed by atoms with van der Waals surface area (Å²) in [6.07, 6.45) is 0. The van der Waals surface area contributed by atoms with Crippen LogP contribution in [0.1, 0.15) is 22.3 Å². The Kier molecular flexibility index (Phi) is 6.30. The van der Waals surface area contributed by atoms with E-state index in [1.54, 1.807) is 0 Å². The van der Waals surface area contributed by atoms with Crippen molar-refractivity contribution >= 4 is 65.6 Å². The first-order chi connectivity index (χ1) is 26.0. The second kappa shape index (κ2) is 11.2. The van der Waals surface area contributed by atoms with Gasteiger partial charge in [0.05, 0.1) is 68.6 Å². The summed E-state index contributed by atoms with van der Waals surface area (Å²) in [4.78, 5) is 0. The van der Waals surface area contributed by atoms with Crippen LogP contribution in [0.25, 0.3) is 88.1 Å². The van der Waals surface area contributed by atoms with E-state index in [4.69, 9.17) is 4.42 Å². The van der Waals surface area contributed by atoms with E-state index in [0.717, 1.165) is 88.1 Å². The molecule has 0 atom stereocenters. The van der Waals surface area contributed by atoms with Gasteiger partial charge in [0.2, 0.25) is 0 Å². The van der Waals surface area contributed by atoms with Crippen LogP contribution < -0.4 is 0 Å². The molecule has 3 aromatic heterocycles. The Morgan fingerprint density at radius 2 is 0.774 bits per heavy atom. The van der Waals surface area contributed by atoms with Crippen LogP contribution in [-0.4, -0.2) is 9.13 Å². The third-order valence-corrected chi connectivity index (χ3v) is 10.2. The third-order valence-electron chi connectivity index (χ3n) is 10.2. The van der Waals surface area contributed by atoms with Crippen LogP contribution in [0.5, 0.6) is 0 Å². The lowest BCUT2D eigenvalue weighted by Gasteiger charge is -2.11. The average molecular weight is 675 g/mol. The third kappa shape index (κ3) is 4.43. The fourth-order valence-corrected chi connectivity index (χ4v) is 7.79. The Hall–Kier alpha value is -8.10. The van der Waals surface area contributed by atoms with Crippen LogP contribution in [0, 0.1) is 45.3 Å². The highest BCUT2D eigenvalue weighted by Crippen LogP contribution is 2.39. The van der Waals surface area contributed by atoms with E-state index in [1.807, 2.05) is 97.1 Å². The van der Waals surface area contributed by atoms with Gasteiger partial charge in [-0.25, -0.2) is 0 Å². The molecule has 0 bridgehead atoms. The molecule has 7 nitrogen and oxygen atoms in total. The van der Waals surface area contributed by atoms with Crippen molar-refractivity contribution in [2.45, 2.75) is 0 Å². The predicted octanol–water partition coefficient (Wildman–Crippen LogP) is 10.9. The molecule has 3 heterocycles. The first-order valence-corrected chi connectivity index (χ1v) is 16.9. The minimum atomic E-state index is 0.561. The largest absolute Gasteiger partial charge is 0.456 e. The Morgan fingerprint density at radius 3 is 1.25 bits per heavy atom. The molecule has 7 heteroatoms. The zero-order valence-corrected chi connectivity index (χ0v) is 27.8. The smallest absolute Gasteiger partial charge is 0.135 e. The minimum absolute atomic E-state index is 0.561. The number of nitrogens with zero attached hydrogens (tertiary/aromatic N) is 6. The molecule has 0 unspecified atom stereocenters. The van der Waals surface area contributed by atoms with Gasteiger partial charge < -0.3 is 13.6 Å². The zero-order chi connectivity index (χ0) is 35.8. The number of rotatable bonds is 3. The second-order valence-corrected chi connectivity index (χ2v) is 13.1.